The fraction of sp³-hybridized carbons (Fsp3) is 0.500. The molecule has 1 fully saturated rings. The molecule has 5 heteroatoms. The van der Waals surface area contributed by atoms with Gasteiger partial charge in [-0.1, -0.05) is 0 Å². The van der Waals surface area contributed by atoms with Gasteiger partial charge in [-0.25, -0.2) is 19.9 Å². The Morgan fingerprint density at radius 2 is 1.71 bits per heavy atom. The second-order valence-electron chi connectivity index (χ2n) is 5.73. The number of aromatic nitrogens is 4. The summed E-state index contributed by atoms with van der Waals surface area (Å²) in [6, 6.07) is 4.28. The monoisotopic (exact) mass is 283 g/mol. The summed E-state index contributed by atoms with van der Waals surface area (Å²) in [5, 5.41) is 0. The first-order valence-corrected chi connectivity index (χ1v) is 7.51. The van der Waals surface area contributed by atoms with Gasteiger partial charge in [0.1, 0.15) is 12.1 Å². The van der Waals surface area contributed by atoms with Crippen LogP contribution >= 0.6 is 0 Å². The van der Waals surface area contributed by atoms with E-state index in [2.05, 4.69) is 24.8 Å². The molecule has 1 aliphatic rings. The molecule has 0 aromatic carbocycles. The minimum atomic E-state index is 0.214. The Labute approximate surface area is 125 Å². The highest BCUT2D eigenvalue weighted by Crippen LogP contribution is 2.32. The first kappa shape index (κ1) is 13.9. The average molecular weight is 283 g/mol. The van der Waals surface area contributed by atoms with Crippen molar-refractivity contribution in [3.05, 3.63) is 41.4 Å². The van der Waals surface area contributed by atoms with Gasteiger partial charge in [-0.05, 0) is 46.1 Å². The first-order valence-electron chi connectivity index (χ1n) is 7.51. The number of aryl methyl sites for hydroxylation is 3. The Morgan fingerprint density at radius 1 is 0.952 bits per heavy atom. The standard InChI is InChI=1S/C16H21N5/c1-11-9-15(18-10-17-11)21-7-5-4-6-14(21)16-19-12(2)8-13(3)20-16/h8-10,14H,4-7H2,1-3H3. The molecule has 3 heterocycles. The Bertz CT molecular complexity index is 620. The quantitative estimate of drug-likeness (QED) is 0.848. The second-order valence-corrected chi connectivity index (χ2v) is 5.73. The van der Waals surface area contributed by atoms with Crippen LogP contribution in [-0.2, 0) is 0 Å². The summed E-state index contributed by atoms with van der Waals surface area (Å²) in [4.78, 5) is 20.3. The maximum Gasteiger partial charge on any atom is 0.151 e. The molecule has 1 unspecified atom stereocenters. The van der Waals surface area contributed by atoms with Crippen molar-refractivity contribution in [2.45, 2.75) is 46.1 Å². The molecular weight excluding hydrogens is 262 g/mol. The lowest BCUT2D eigenvalue weighted by Gasteiger charge is -2.35. The van der Waals surface area contributed by atoms with Crippen LogP contribution in [0.1, 0.15) is 48.2 Å². The molecule has 2 aromatic heterocycles. The van der Waals surface area contributed by atoms with Crippen LogP contribution < -0.4 is 4.90 Å². The predicted molar refractivity (Wildman–Crippen MR) is 82.2 cm³/mol. The van der Waals surface area contributed by atoms with E-state index in [-0.39, 0.29) is 6.04 Å². The van der Waals surface area contributed by atoms with E-state index in [1.54, 1.807) is 6.33 Å². The van der Waals surface area contributed by atoms with E-state index >= 15 is 0 Å². The summed E-state index contributed by atoms with van der Waals surface area (Å²) >= 11 is 0. The van der Waals surface area contributed by atoms with Crippen molar-refractivity contribution in [1.29, 1.82) is 0 Å². The smallest absolute Gasteiger partial charge is 0.151 e. The summed E-state index contributed by atoms with van der Waals surface area (Å²) < 4.78 is 0. The van der Waals surface area contributed by atoms with Gasteiger partial charge in [0.05, 0.1) is 6.04 Å². The predicted octanol–water partition coefficient (Wildman–Crippen LogP) is 2.92. The molecule has 5 nitrogen and oxygen atoms in total. The van der Waals surface area contributed by atoms with E-state index in [1.807, 2.05) is 32.9 Å². The number of nitrogens with zero attached hydrogens (tertiary/aromatic N) is 5. The van der Waals surface area contributed by atoms with Crippen molar-refractivity contribution >= 4 is 5.82 Å². The first-order chi connectivity index (χ1) is 10.1. The molecule has 21 heavy (non-hydrogen) atoms. The molecule has 1 atom stereocenters. The Kier molecular flexibility index (Phi) is 3.82. The van der Waals surface area contributed by atoms with Gasteiger partial charge >= 0.3 is 0 Å². The normalized spacial score (nSPS) is 18.8. The fourth-order valence-corrected chi connectivity index (χ4v) is 2.97. The number of anilines is 1. The molecule has 2 aromatic rings. The van der Waals surface area contributed by atoms with Gasteiger partial charge in [0.15, 0.2) is 5.82 Å². The van der Waals surface area contributed by atoms with E-state index < -0.39 is 0 Å². The molecule has 1 saturated heterocycles. The highest BCUT2D eigenvalue weighted by atomic mass is 15.2. The Balaban J connectivity index is 1.98. The van der Waals surface area contributed by atoms with Gasteiger partial charge in [0.25, 0.3) is 0 Å². The minimum absolute atomic E-state index is 0.214. The molecule has 0 N–H and O–H groups in total. The van der Waals surface area contributed by atoms with Gasteiger partial charge in [-0.2, -0.15) is 0 Å². The molecule has 0 spiro atoms. The van der Waals surface area contributed by atoms with Crippen LogP contribution in [0.25, 0.3) is 0 Å². The molecule has 0 radical (unpaired) electrons. The lowest BCUT2D eigenvalue weighted by atomic mass is 10.0. The van der Waals surface area contributed by atoms with Crippen molar-refractivity contribution in [3.63, 3.8) is 0 Å². The molecule has 0 saturated carbocycles. The zero-order valence-corrected chi connectivity index (χ0v) is 12.9. The van der Waals surface area contributed by atoms with Crippen molar-refractivity contribution < 1.29 is 0 Å². The molecule has 110 valence electrons. The van der Waals surface area contributed by atoms with E-state index in [1.165, 1.54) is 12.8 Å². The van der Waals surface area contributed by atoms with Crippen molar-refractivity contribution in [2.75, 3.05) is 11.4 Å². The zero-order valence-electron chi connectivity index (χ0n) is 12.9. The molecule has 3 rings (SSSR count). The van der Waals surface area contributed by atoms with Crippen LogP contribution in [0.5, 0.6) is 0 Å². The highest BCUT2D eigenvalue weighted by Gasteiger charge is 2.27. The summed E-state index contributed by atoms with van der Waals surface area (Å²) in [5.74, 6) is 1.90. The Morgan fingerprint density at radius 3 is 2.43 bits per heavy atom. The number of piperidine rings is 1. The van der Waals surface area contributed by atoms with E-state index in [0.717, 1.165) is 41.7 Å². The van der Waals surface area contributed by atoms with E-state index in [9.17, 15) is 0 Å². The summed E-state index contributed by atoms with van der Waals surface area (Å²) in [6.07, 6.45) is 5.11. The maximum atomic E-state index is 4.66. The Hall–Kier alpha value is -2.04. The van der Waals surface area contributed by atoms with Crippen LogP contribution in [-0.4, -0.2) is 26.5 Å². The summed E-state index contributed by atoms with van der Waals surface area (Å²) in [6.45, 7) is 7.05. The van der Waals surface area contributed by atoms with Crippen LogP contribution in [0.2, 0.25) is 0 Å². The molecule has 0 aliphatic carbocycles. The molecule has 0 bridgehead atoms. The summed E-state index contributed by atoms with van der Waals surface area (Å²) in [7, 11) is 0. The van der Waals surface area contributed by atoms with Gasteiger partial charge in [-0.3, -0.25) is 0 Å². The van der Waals surface area contributed by atoms with Gasteiger partial charge in [0.2, 0.25) is 0 Å². The van der Waals surface area contributed by atoms with Crippen LogP contribution in [0.3, 0.4) is 0 Å². The van der Waals surface area contributed by atoms with E-state index in [0.29, 0.717) is 0 Å². The van der Waals surface area contributed by atoms with Gasteiger partial charge in [0, 0.05) is 29.7 Å². The largest absolute Gasteiger partial charge is 0.346 e. The maximum absolute atomic E-state index is 4.66. The zero-order chi connectivity index (χ0) is 14.8. The van der Waals surface area contributed by atoms with Crippen LogP contribution in [0.15, 0.2) is 18.5 Å². The SMILES string of the molecule is Cc1cc(N2CCCCC2c2nc(C)cc(C)n2)ncn1. The van der Waals surface area contributed by atoms with Crippen molar-refractivity contribution in [1.82, 2.24) is 19.9 Å². The minimum Gasteiger partial charge on any atom is -0.346 e. The van der Waals surface area contributed by atoms with Crippen molar-refractivity contribution in [3.8, 4) is 0 Å². The average Bonchev–Trinajstić information content (AvgIpc) is 2.46. The number of hydrogen-bond acceptors (Lipinski definition) is 5. The fourth-order valence-electron chi connectivity index (χ4n) is 2.97. The van der Waals surface area contributed by atoms with Crippen LogP contribution in [0.4, 0.5) is 5.82 Å². The van der Waals surface area contributed by atoms with Crippen molar-refractivity contribution in [2.24, 2.45) is 0 Å². The van der Waals surface area contributed by atoms with Gasteiger partial charge in [-0.15, -0.1) is 0 Å². The lowest BCUT2D eigenvalue weighted by molar-refractivity contribution is 0.451. The number of rotatable bonds is 2. The topological polar surface area (TPSA) is 54.8 Å². The van der Waals surface area contributed by atoms with Crippen LogP contribution in [0, 0.1) is 20.8 Å². The summed E-state index contributed by atoms with van der Waals surface area (Å²) in [5.41, 5.74) is 3.05. The van der Waals surface area contributed by atoms with E-state index in [4.69, 9.17) is 0 Å². The second kappa shape index (κ2) is 5.76. The molecule has 1 aliphatic heterocycles. The van der Waals surface area contributed by atoms with Gasteiger partial charge < -0.3 is 4.90 Å². The molecular formula is C16H21N5. The third-order valence-corrected chi connectivity index (χ3v) is 3.88. The lowest BCUT2D eigenvalue weighted by Crippen LogP contribution is -2.35. The highest BCUT2D eigenvalue weighted by molar-refractivity contribution is 5.41. The molecule has 0 amide bonds. The third kappa shape index (κ3) is 3.01. The third-order valence-electron chi connectivity index (χ3n) is 3.88. The number of hydrogen-bond donors (Lipinski definition) is 0.